The maximum atomic E-state index is 11.1. The predicted molar refractivity (Wildman–Crippen MR) is 101 cm³/mol. The van der Waals surface area contributed by atoms with E-state index in [4.69, 9.17) is 29.0 Å². The highest BCUT2D eigenvalue weighted by atomic mass is 79.9. The van der Waals surface area contributed by atoms with Gasteiger partial charge in [-0.3, -0.25) is 10.2 Å². The van der Waals surface area contributed by atoms with E-state index in [1.54, 1.807) is 36.4 Å². The second kappa shape index (κ2) is 10.0. The SMILES string of the molecule is COC(=O)c1ccc(Cl)cc1Br.NNC(=O)c1ccc(Cl)cc1Br. The van der Waals surface area contributed by atoms with Gasteiger partial charge in [0.1, 0.15) is 0 Å². The van der Waals surface area contributed by atoms with Gasteiger partial charge in [0.25, 0.3) is 5.91 Å². The van der Waals surface area contributed by atoms with Gasteiger partial charge in [-0.1, -0.05) is 23.2 Å². The molecule has 0 saturated carbocycles. The summed E-state index contributed by atoms with van der Waals surface area (Å²) in [6, 6.07) is 9.74. The highest BCUT2D eigenvalue weighted by Crippen LogP contribution is 2.22. The number of hydrogen-bond donors (Lipinski definition) is 2. The minimum absolute atomic E-state index is 0.349. The number of halogens is 4. The molecule has 0 aliphatic carbocycles. The number of nitrogen functional groups attached to an aromatic ring is 1. The van der Waals surface area contributed by atoms with Crippen molar-refractivity contribution in [2.75, 3.05) is 7.11 Å². The Bertz CT molecular complexity index is 694. The van der Waals surface area contributed by atoms with Crippen LogP contribution in [0, 0.1) is 0 Å². The molecule has 3 N–H and O–H groups in total. The molecule has 0 bridgehead atoms. The predicted octanol–water partition coefficient (Wildman–Crippen LogP) is 4.60. The van der Waals surface area contributed by atoms with Gasteiger partial charge in [0.05, 0.1) is 18.2 Å². The highest BCUT2D eigenvalue weighted by molar-refractivity contribution is 9.10. The molecule has 0 heterocycles. The molecule has 0 fully saturated rings. The van der Waals surface area contributed by atoms with Crippen molar-refractivity contribution in [3.63, 3.8) is 0 Å². The van der Waals surface area contributed by atoms with Crippen molar-refractivity contribution < 1.29 is 14.3 Å². The standard InChI is InChI=1S/C8H6BrClO2.C7H6BrClN2O/c1-12-8(11)6-3-2-5(10)4-7(6)9;8-6-3-4(9)1-2-5(6)7(12)11-10/h2-4H,1H3;1-3H,10H2,(H,11,12). The highest BCUT2D eigenvalue weighted by Gasteiger charge is 2.09. The number of ether oxygens (including phenoxy) is 1. The van der Waals surface area contributed by atoms with Gasteiger partial charge in [0.15, 0.2) is 0 Å². The zero-order chi connectivity index (χ0) is 18.3. The van der Waals surface area contributed by atoms with E-state index in [1.807, 2.05) is 5.43 Å². The second-order valence-electron chi connectivity index (χ2n) is 4.21. The first-order valence-electron chi connectivity index (χ1n) is 6.29. The van der Waals surface area contributed by atoms with Crippen LogP contribution in [0.3, 0.4) is 0 Å². The van der Waals surface area contributed by atoms with Crippen molar-refractivity contribution in [1.29, 1.82) is 0 Å². The molecule has 0 unspecified atom stereocenters. The van der Waals surface area contributed by atoms with E-state index in [-0.39, 0.29) is 11.9 Å². The number of carbonyl (C=O) groups excluding carboxylic acids is 2. The minimum atomic E-state index is -0.376. The summed E-state index contributed by atoms with van der Waals surface area (Å²) in [7, 11) is 1.34. The molecule has 0 saturated heterocycles. The van der Waals surface area contributed by atoms with E-state index in [2.05, 4.69) is 36.6 Å². The van der Waals surface area contributed by atoms with Gasteiger partial charge in [-0.2, -0.15) is 0 Å². The van der Waals surface area contributed by atoms with Crippen LogP contribution in [0.2, 0.25) is 10.0 Å². The maximum Gasteiger partial charge on any atom is 0.339 e. The molecule has 0 aliphatic rings. The lowest BCUT2D eigenvalue weighted by molar-refractivity contribution is 0.0599. The lowest BCUT2D eigenvalue weighted by Crippen LogP contribution is -2.30. The van der Waals surface area contributed by atoms with Gasteiger partial charge < -0.3 is 4.74 Å². The third-order valence-electron chi connectivity index (χ3n) is 2.64. The molecule has 2 rings (SSSR count). The van der Waals surface area contributed by atoms with Crippen LogP contribution < -0.4 is 11.3 Å². The molecule has 0 radical (unpaired) electrons. The van der Waals surface area contributed by atoms with Gasteiger partial charge in [-0.15, -0.1) is 0 Å². The largest absolute Gasteiger partial charge is 0.465 e. The molecule has 2 aromatic rings. The van der Waals surface area contributed by atoms with E-state index < -0.39 is 0 Å². The van der Waals surface area contributed by atoms with Crippen molar-refractivity contribution in [1.82, 2.24) is 5.43 Å². The number of hydrazine groups is 1. The average molecular weight is 499 g/mol. The van der Waals surface area contributed by atoms with E-state index in [9.17, 15) is 9.59 Å². The molecular formula is C15H12Br2Cl2N2O3. The molecule has 0 atom stereocenters. The van der Waals surface area contributed by atoms with Crippen LogP contribution in [0.15, 0.2) is 45.3 Å². The number of carbonyl (C=O) groups is 2. The average Bonchev–Trinajstić information content (AvgIpc) is 2.54. The summed E-state index contributed by atoms with van der Waals surface area (Å²) in [6.07, 6.45) is 0. The van der Waals surface area contributed by atoms with Gasteiger partial charge in [-0.05, 0) is 68.3 Å². The molecule has 0 aliphatic heterocycles. The van der Waals surface area contributed by atoms with E-state index in [0.717, 1.165) is 0 Å². The van der Waals surface area contributed by atoms with Crippen LogP contribution >= 0.6 is 55.1 Å². The smallest absolute Gasteiger partial charge is 0.339 e. The summed E-state index contributed by atoms with van der Waals surface area (Å²) < 4.78 is 5.81. The first-order chi connectivity index (χ1) is 11.3. The van der Waals surface area contributed by atoms with Crippen molar-refractivity contribution in [3.8, 4) is 0 Å². The summed E-state index contributed by atoms with van der Waals surface area (Å²) in [6.45, 7) is 0. The van der Waals surface area contributed by atoms with Crippen LogP contribution in [-0.2, 0) is 4.74 Å². The summed E-state index contributed by atoms with van der Waals surface area (Å²) in [4.78, 5) is 22.1. The number of amides is 1. The Labute approximate surface area is 165 Å². The first kappa shape index (κ1) is 20.9. The zero-order valence-electron chi connectivity index (χ0n) is 12.3. The van der Waals surface area contributed by atoms with E-state index in [0.29, 0.717) is 30.1 Å². The third-order valence-corrected chi connectivity index (χ3v) is 4.43. The number of methoxy groups -OCH3 is 1. The fraction of sp³-hybridized carbons (Fsp3) is 0.0667. The summed E-state index contributed by atoms with van der Waals surface area (Å²) in [5, 5.41) is 1.14. The summed E-state index contributed by atoms with van der Waals surface area (Å²) in [5.74, 6) is 4.23. The Morgan fingerprint density at radius 1 is 1.00 bits per heavy atom. The number of benzene rings is 2. The van der Waals surface area contributed by atoms with Crippen molar-refractivity contribution >= 4 is 66.9 Å². The number of nitrogens with two attached hydrogens (primary N) is 1. The Hall–Kier alpha value is -1.12. The Morgan fingerprint density at radius 2 is 1.46 bits per heavy atom. The van der Waals surface area contributed by atoms with E-state index in [1.165, 1.54) is 7.11 Å². The summed E-state index contributed by atoms with van der Waals surface area (Å²) >= 11 is 17.7. The quantitative estimate of drug-likeness (QED) is 0.274. The lowest BCUT2D eigenvalue weighted by atomic mass is 10.2. The third kappa shape index (κ3) is 6.07. The monoisotopic (exact) mass is 496 g/mol. The molecule has 0 aromatic heterocycles. The Balaban J connectivity index is 0.000000240. The molecule has 128 valence electrons. The van der Waals surface area contributed by atoms with Gasteiger partial charge >= 0.3 is 5.97 Å². The van der Waals surface area contributed by atoms with Crippen LogP contribution in [0.25, 0.3) is 0 Å². The Kier molecular flexibility index (Phi) is 8.72. The van der Waals surface area contributed by atoms with Crippen molar-refractivity contribution in [2.24, 2.45) is 5.84 Å². The zero-order valence-corrected chi connectivity index (χ0v) is 17.0. The van der Waals surface area contributed by atoms with E-state index >= 15 is 0 Å². The van der Waals surface area contributed by atoms with Gasteiger partial charge in [0, 0.05) is 19.0 Å². The number of hydrogen-bond acceptors (Lipinski definition) is 4. The molecular weight excluding hydrogens is 487 g/mol. The molecule has 2 aromatic carbocycles. The van der Waals surface area contributed by atoms with Gasteiger partial charge in [-0.25, -0.2) is 10.6 Å². The topological polar surface area (TPSA) is 81.4 Å². The van der Waals surface area contributed by atoms with Crippen LogP contribution in [0.4, 0.5) is 0 Å². The fourth-order valence-electron chi connectivity index (χ4n) is 1.52. The number of rotatable bonds is 2. The summed E-state index contributed by atoms with van der Waals surface area (Å²) in [5.41, 5.74) is 2.96. The first-order valence-corrected chi connectivity index (χ1v) is 8.63. The molecule has 5 nitrogen and oxygen atoms in total. The van der Waals surface area contributed by atoms with Crippen LogP contribution in [0.5, 0.6) is 0 Å². The molecule has 1 amide bonds. The normalized spacial score (nSPS) is 9.58. The second-order valence-corrected chi connectivity index (χ2v) is 6.79. The molecule has 24 heavy (non-hydrogen) atoms. The molecule has 0 spiro atoms. The molecule has 9 heteroatoms. The minimum Gasteiger partial charge on any atom is -0.465 e. The van der Waals surface area contributed by atoms with Crippen molar-refractivity contribution in [2.45, 2.75) is 0 Å². The Morgan fingerprint density at radius 3 is 1.83 bits per heavy atom. The number of esters is 1. The van der Waals surface area contributed by atoms with Crippen LogP contribution in [0.1, 0.15) is 20.7 Å². The van der Waals surface area contributed by atoms with Crippen molar-refractivity contribution in [3.05, 3.63) is 66.5 Å². The fourth-order valence-corrected chi connectivity index (χ4v) is 3.22. The van der Waals surface area contributed by atoms with Gasteiger partial charge in [0.2, 0.25) is 0 Å². The van der Waals surface area contributed by atoms with Crippen LogP contribution in [-0.4, -0.2) is 19.0 Å². The maximum absolute atomic E-state index is 11.1. The lowest BCUT2D eigenvalue weighted by Gasteiger charge is -2.01. The number of nitrogens with one attached hydrogen (secondary N) is 1.